The Morgan fingerprint density at radius 2 is 1.81 bits per heavy atom. The summed E-state index contributed by atoms with van der Waals surface area (Å²) in [5.41, 5.74) is 0.0479. The molecule has 2 heterocycles. The fourth-order valence-electron chi connectivity index (χ4n) is 2.42. The molecule has 1 amide bonds. The van der Waals surface area contributed by atoms with Crippen molar-refractivity contribution in [2.45, 2.75) is 71.8 Å². The monoisotopic (exact) mass is 364 g/mol. The highest BCUT2D eigenvalue weighted by Crippen LogP contribution is 2.36. The first-order valence-electron chi connectivity index (χ1n) is 8.70. The van der Waals surface area contributed by atoms with E-state index in [9.17, 15) is 4.79 Å². The summed E-state index contributed by atoms with van der Waals surface area (Å²) in [6.45, 7) is 13.6. The van der Waals surface area contributed by atoms with Crippen molar-refractivity contribution in [3.63, 3.8) is 0 Å². The summed E-state index contributed by atoms with van der Waals surface area (Å²) in [5.74, 6) is 0.432. The summed E-state index contributed by atoms with van der Waals surface area (Å²) in [6, 6.07) is 1.87. The highest BCUT2D eigenvalue weighted by molar-refractivity contribution is 6.62. The molecule has 0 saturated carbocycles. The molecule has 2 rings (SSSR count). The van der Waals surface area contributed by atoms with Crippen molar-refractivity contribution < 1.29 is 23.6 Å². The first-order valence-corrected chi connectivity index (χ1v) is 8.70. The van der Waals surface area contributed by atoms with Crippen molar-refractivity contribution in [2.24, 2.45) is 0 Å². The molecule has 1 N–H and O–H groups in total. The van der Waals surface area contributed by atoms with Crippen molar-refractivity contribution in [1.82, 2.24) is 10.3 Å². The maximum Gasteiger partial charge on any atom is 0.496 e. The average Bonchev–Trinajstić information content (AvgIpc) is 2.71. The Kier molecular flexibility index (Phi) is 5.59. The first-order chi connectivity index (χ1) is 11.8. The standard InChI is InChI=1S/C18H29BN2O5/c1-16(2,3)24-15(22)21-10-12-9-13(11-20-14(12)23-8)19-25-17(4,5)18(6,7)26-19/h9,11H,10H2,1-8H3,(H,21,22). The minimum Gasteiger partial charge on any atom is -0.481 e. The second-order valence-electron chi connectivity index (χ2n) is 8.38. The van der Waals surface area contributed by atoms with Crippen LogP contribution in [0.5, 0.6) is 5.88 Å². The molecule has 0 spiro atoms. The van der Waals surface area contributed by atoms with Crippen LogP contribution in [0.1, 0.15) is 54.0 Å². The molecule has 8 heteroatoms. The Morgan fingerprint density at radius 1 is 1.23 bits per heavy atom. The van der Waals surface area contributed by atoms with Crippen LogP contribution in [0.3, 0.4) is 0 Å². The number of hydrogen-bond donors (Lipinski definition) is 1. The number of carbonyl (C=O) groups excluding carboxylic acids is 1. The van der Waals surface area contributed by atoms with Gasteiger partial charge < -0.3 is 24.1 Å². The largest absolute Gasteiger partial charge is 0.496 e. The van der Waals surface area contributed by atoms with Crippen molar-refractivity contribution in [3.8, 4) is 5.88 Å². The summed E-state index contributed by atoms with van der Waals surface area (Å²) in [7, 11) is 1.01. The third kappa shape index (κ3) is 4.68. The van der Waals surface area contributed by atoms with Crippen LogP contribution >= 0.6 is 0 Å². The Bertz CT molecular complexity index is 654. The van der Waals surface area contributed by atoms with Crippen molar-refractivity contribution in [3.05, 3.63) is 17.8 Å². The van der Waals surface area contributed by atoms with Crippen LogP contribution in [0.4, 0.5) is 4.79 Å². The lowest BCUT2D eigenvalue weighted by atomic mass is 9.79. The van der Waals surface area contributed by atoms with Crippen LogP contribution in [0.2, 0.25) is 0 Å². The van der Waals surface area contributed by atoms with E-state index in [1.54, 1.807) is 6.20 Å². The molecule has 0 bridgehead atoms. The molecule has 0 unspecified atom stereocenters. The molecule has 1 fully saturated rings. The van der Waals surface area contributed by atoms with Gasteiger partial charge in [-0.15, -0.1) is 0 Å². The van der Waals surface area contributed by atoms with Gasteiger partial charge >= 0.3 is 13.2 Å². The maximum atomic E-state index is 11.9. The van der Waals surface area contributed by atoms with E-state index in [1.807, 2.05) is 54.5 Å². The second kappa shape index (κ2) is 7.08. The minimum atomic E-state index is -0.559. The van der Waals surface area contributed by atoms with Crippen molar-refractivity contribution in [1.29, 1.82) is 0 Å². The van der Waals surface area contributed by atoms with E-state index in [2.05, 4.69) is 10.3 Å². The second-order valence-corrected chi connectivity index (χ2v) is 8.38. The van der Waals surface area contributed by atoms with Crippen LogP contribution in [0, 0.1) is 0 Å². The van der Waals surface area contributed by atoms with E-state index < -0.39 is 30.0 Å². The number of ether oxygens (including phenoxy) is 2. The van der Waals surface area contributed by atoms with Gasteiger partial charge in [-0.3, -0.25) is 0 Å². The zero-order valence-corrected chi connectivity index (χ0v) is 16.9. The first kappa shape index (κ1) is 20.5. The van der Waals surface area contributed by atoms with E-state index in [-0.39, 0.29) is 6.54 Å². The number of amides is 1. The molecule has 1 aromatic rings. The van der Waals surface area contributed by atoms with E-state index in [0.29, 0.717) is 11.4 Å². The molecule has 0 aromatic carbocycles. The zero-order valence-electron chi connectivity index (χ0n) is 16.9. The van der Waals surface area contributed by atoms with Gasteiger partial charge in [-0.1, -0.05) is 6.07 Å². The van der Waals surface area contributed by atoms with Crippen LogP contribution in [0.15, 0.2) is 12.3 Å². The Hall–Kier alpha value is -1.80. The number of hydrogen-bond acceptors (Lipinski definition) is 6. The van der Waals surface area contributed by atoms with E-state index in [4.69, 9.17) is 18.8 Å². The summed E-state index contributed by atoms with van der Waals surface area (Å²) >= 11 is 0. The number of aromatic nitrogens is 1. The predicted octanol–water partition coefficient (Wildman–Crippen LogP) is 2.41. The molecular formula is C18H29BN2O5. The number of methoxy groups -OCH3 is 1. The summed E-state index contributed by atoms with van der Waals surface area (Å²) in [6.07, 6.45) is 1.17. The highest BCUT2D eigenvalue weighted by Gasteiger charge is 2.51. The topological polar surface area (TPSA) is 78.9 Å². The van der Waals surface area contributed by atoms with Gasteiger partial charge in [0.05, 0.1) is 24.9 Å². The lowest BCUT2D eigenvalue weighted by Crippen LogP contribution is -2.41. The molecule has 0 aliphatic carbocycles. The van der Waals surface area contributed by atoms with Gasteiger partial charge in [-0.05, 0) is 48.5 Å². The quantitative estimate of drug-likeness (QED) is 0.827. The molecule has 1 aliphatic rings. The SMILES string of the molecule is COc1ncc(B2OC(C)(C)C(C)(C)O2)cc1CNC(=O)OC(C)(C)C. The van der Waals surface area contributed by atoms with Crippen LogP contribution in [0.25, 0.3) is 0 Å². The van der Waals surface area contributed by atoms with Crippen LogP contribution in [-0.4, -0.2) is 42.1 Å². The molecule has 1 saturated heterocycles. The summed E-state index contributed by atoms with van der Waals surface area (Å²) in [4.78, 5) is 16.2. The molecular weight excluding hydrogens is 335 g/mol. The van der Waals surface area contributed by atoms with Crippen LogP contribution in [-0.2, 0) is 20.6 Å². The van der Waals surface area contributed by atoms with Gasteiger partial charge in [0, 0.05) is 17.2 Å². The third-order valence-corrected chi connectivity index (χ3v) is 4.49. The molecule has 1 aliphatic heterocycles. The highest BCUT2D eigenvalue weighted by atomic mass is 16.7. The molecule has 0 atom stereocenters. The summed E-state index contributed by atoms with van der Waals surface area (Å²) in [5, 5.41) is 2.72. The number of alkyl carbamates (subject to hydrolysis) is 1. The van der Waals surface area contributed by atoms with E-state index >= 15 is 0 Å². The zero-order chi connectivity index (χ0) is 19.8. The molecule has 1 aromatic heterocycles. The fourth-order valence-corrected chi connectivity index (χ4v) is 2.42. The van der Waals surface area contributed by atoms with Crippen molar-refractivity contribution in [2.75, 3.05) is 7.11 Å². The Balaban J connectivity index is 2.15. The predicted molar refractivity (Wildman–Crippen MR) is 99.6 cm³/mol. The van der Waals surface area contributed by atoms with Gasteiger partial charge in [-0.25, -0.2) is 9.78 Å². The number of nitrogens with zero attached hydrogens (tertiary/aromatic N) is 1. The number of rotatable bonds is 4. The van der Waals surface area contributed by atoms with E-state index in [1.165, 1.54) is 7.11 Å². The minimum absolute atomic E-state index is 0.221. The average molecular weight is 364 g/mol. The molecule has 0 radical (unpaired) electrons. The number of carbonyl (C=O) groups is 1. The normalized spacial score (nSPS) is 18.5. The molecule has 144 valence electrons. The fraction of sp³-hybridized carbons (Fsp3) is 0.667. The van der Waals surface area contributed by atoms with Gasteiger partial charge in [0.25, 0.3) is 0 Å². The molecule has 26 heavy (non-hydrogen) atoms. The smallest absolute Gasteiger partial charge is 0.481 e. The lowest BCUT2D eigenvalue weighted by molar-refractivity contribution is 0.00578. The number of nitrogens with one attached hydrogen (secondary N) is 1. The maximum absolute atomic E-state index is 11.9. The van der Waals surface area contributed by atoms with Crippen molar-refractivity contribution >= 4 is 18.7 Å². The van der Waals surface area contributed by atoms with Gasteiger partial charge in [0.2, 0.25) is 5.88 Å². The van der Waals surface area contributed by atoms with Gasteiger partial charge in [0.15, 0.2) is 0 Å². The Labute approximate surface area is 155 Å². The number of pyridine rings is 1. The van der Waals surface area contributed by atoms with E-state index in [0.717, 1.165) is 5.46 Å². The summed E-state index contributed by atoms with van der Waals surface area (Å²) < 4.78 is 22.7. The Morgan fingerprint density at radius 3 is 2.31 bits per heavy atom. The van der Waals surface area contributed by atoms with Gasteiger partial charge in [-0.2, -0.15) is 0 Å². The van der Waals surface area contributed by atoms with Gasteiger partial charge in [0.1, 0.15) is 5.60 Å². The third-order valence-electron chi connectivity index (χ3n) is 4.49. The molecule has 7 nitrogen and oxygen atoms in total. The van der Waals surface area contributed by atoms with Crippen LogP contribution < -0.4 is 15.5 Å². The lowest BCUT2D eigenvalue weighted by Gasteiger charge is -2.32.